The summed E-state index contributed by atoms with van der Waals surface area (Å²) >= 11 is 0. The molecule has 0 spiro atoms. The first kappa shape index (κ1) is 18.7. The second-order valence-corrected chi connectivity index (χ2v) is 3.40. The summed E-state index contributed by atoms with van der Waals surface area (Å²) in [6.07, 6.45) is 0. The second kappa shape index (κ2) is 11.8. The molecule has 0 aliphatic carbocycles. The van der Waals surface area contributed by atoms with Crippen molar-refractivity contribution in [2.24, 2.45) is 0 Å². The van der Waals surface area contributed by atoms with Gasteiger partial charge >= 0.3 is 11.9 Å². The van der Waals surface area contributed by atoms with E-state index < -0.39 is 11.9 Å². The van der Waals surface area contributed by atoms with E-state index in [2.05, 4.69) is 13.2 Å². The Balaban J connectivity index is 0. The van der Waals surface area contributed by atoms with Crippen LogP contribution in [-0.4, -0.2) is 48.6 Å². The van der Waals surface area contributed by atoms with Gasteiger partial charge in [-0.3, -0.25) is 0 Å². The van der Waals surface area contributed by atoms with Crippen LogP contribution < -0.4 is 0 Å². The van der Waals surface area contributed by atoms with Gasteiger partial charge < -0.3 is 19.7 Å². The summed E-state index contributed by atoms with van der Waals surface area (Å²) < 4.78 is 9.89. The number of carboxylic acid groups (broad SMARTS) is 2. The molecule has 0 unspecified atom stereocenters. The highest BCUT2D eigenvalue weighted by molar-refractivity contribution is 5.85. The maximum absolute atomic E-state index is 9.60. The summed E-state index contributed by atoms with van der Waals surface area (Å²) in [5.41, 5.74) is 0.352. The van der Waals surface area contributed by atoms with Crippen molar-refractivity contribution < 1.29 is 29.3 Å². The first-order valence-electron chi connectivity index (χ1n) is 5.22. The third-order valence-corrected chi connectivity index (χ3v) is 1.47. The van der Waals surface area contributed by atoms with E-state index in [-0.39, 0.29) is 11.1 Å². The van der Waals surface area contributed by atoms with E-state index in [4.69, 9.17) is 19.7 Å². The van der Waals surface area contributed by atoms with Crippen LogP contribution in [0, 0.1) is 0 Å². The van der Waals surface area contributed by atoms with Crippen molar-refractivity contribution >= 4 is 11.9 Å². The van der Waals surface area contributed by atoms with Crippen LogP contribution in [0.25, 0.3) is 0 Å². The van der Waals surface area contributed by atoms with Gasteiger partial charge in [0.05, 0.1) is 26.4 Å². The van der Waals surface area contributed by atoms with E-state index in [1.165, 1.54) is 13.8 Å². The average Bonchev–Trinajstić information content (AvgIpc) is 2.32. The smallest absolute Gasteiger partial charge is 0.330 e. The summed E-state index contributed by atoms with van der Waals surface area (Å²) in [5.74, 6) is -1.87. The summed E-state index contributed by atoms with van der Waals surface area (Å²) in [5, 5.41) is 15.8. The molecule has 2 N–H and O–H groups in total. The average molecular weight is 260 g/mol. The molecule has 18 heavy (non-hydrogen) atoms. The van der Waals surface area contributed by atoms with Crippen molar-refractivity contribution in [3.05, 3.63) is 24.3 Å². The van der Waals surface area contributed by atoms with Gasteiger partial charge in [-0.15, -0.1) is 0 Å². The predicted molar refractivity (Wildman–Crippen MR) is 66.5 cm³/mol. The number of carbonyl (C=O) groups is 2. The van der Waals surface area contributed by atoms with Gasteiger partial charge in [0.1, 0.15) is 0 Å². The van der Waals surface area contributed by atoms with Crippen LogP contribution >= 0.6 is 0 Å². The largest absolute Gasteiger partial charge is 0.478 e. The van der Waals surface area contributed by atoms with Crippen molar-refractivity contribution in [1.82, 2.24) is 0 Å². The topological polar surface area (TPSA) is 93.1 Å². The van der Waals surface area contributed by atoms with Gasteiger partial charge in [-0.05, 0) is 13.8 Å². The third kappa shape index (κ3) is 16.8. The molecule has 6 heteroatoms. The van der Waals surface area contributed by atoms with Gasteiger partial charge in [-0.1, -0.05) is 13.2 Å². The van der Waals surface area contributed by atoms with Crippen LogP contribution in [0.3, 0.4) is 0 Å². The molecule has 104 valence electrons. The first-order valence-corrected chi connectivity index (χ1v) is 5.22. The van der Waals surface area contributed by atoms with Gasteiger partial charge in [0.25, 0.3) is 0 Å². The lowest BCUT2D eigenvalue weighted by Gasteiger charge is -2.09. The minimum Gasteiger partial charge on any atom is -0.478 e. The molecular weight excluding hydrogens is 240 g/mol. The highest BCUT2D eigenvalue weighted by Crippen LogP contribution is 1.85. The van der Waals surface area contributed by atoms with Crippen molar-refractivity contribution in [3.8, 4) is 0 Å². The monoisotopic (exact) mass is 260 g/mol. The highest BCUT2D eigenvalue weighted by Gasteiger charge is 1.94. The van der Waals surface area contributed by atoms with Crippen LogP contribution in [0.4, 0.5) is 0 Å². The molecule has 0 aromatic carbocycles. The van der Waals surface area contributed by atoms with Crippen LogP contribution in [-0.2, 0) is 19.1 Å². The molecule has 1 aliphatic heterocycles. The Morgan fingerprint density at radius 3 is 1.06 bits per heavy atom. The predicted octanol–water partition coefficient (Wildman–Crippen LogP) is 1.33. The molecule has 0 saturated carbocycles. The zero-order valence-corrected chi connectivity index (χ0v) is 10.8. The van der Waals surface area contributed by atoms with Crippen molar-refractivity contribution in [2.75, 3.05) is 26.4 Å². The lowest BCUT2D eigenvalue weighted by molar-refractivity contribution is -0.133. The molecule has 6 nitrogen and oxygen atoms in total. The zero-order valence-electron chi connectivity index (χ0n) is 10.8. The van der Waals surface area contributed by atoms with E-state index in [0.717, 1.165) is 26.4 Å². The number of carboxylic acids is 2. The SMILES string of the molecule is C1COCCO1.C=C(C)C(=O)O.C=C(C)C(=O)O. The molecule has 1 saturated heterocycles. The summed E-state index contributed by atoms with van der Waals surface area (Å²) in [4.78, 5) is 19.2. The molecule has 1 fully saturated rings. The van der Waals surface area contributed by atoms with Gasteiger partial charge in [0.2, 0.25) is 0 Å². The summed E-state index contributed by atoms with van der Waals surface area (Å²) in [7, 11) is 0. The van der Waals surface area contributed by atoms with E-state index in [1.54, 1.807) is 0 Å². The van der Waals surface area contributed by atoms with Crippen molar-refractivity contribution in [1.29, 1.82) is 0 Å². The van der Waals surface area contributed by atoms with Gasteiger partial charge in [-0.2, -0.15) is 0 Å². The van der Waals surface area contributed by atoms with Crippen LogP contribution in [0.1, 0.15) is 13.8 Å². The summed E-state index contributed by atoms with van der Waals surface area (Å²) in [6.45, 7) is 12.3. The fourth-order valence-electron chi connectivity index (χ4n) is 0.440. The Bertz CT molecular complexity index is 231. The third-order valence-electron chi connectivity index (χ3n) is 1.47. The first-order chi connectivity index (χ1) is 8.29. The summed E-state index contributed by atoms with van der Waals surface area (Å²) in [6, 6.07) is 0. The molecular formula is C12H20O6. The van der Waals surface area contributed by atoms with Crippen LogP contribution in [0.2, 0.25) is 0 Å². The number of hydrogen-bond donors (Lipinski definition) is 2. The molecule has 1 rings (SSSR count). The molecule has 1 aliphatic rings. The lowest BCUT2D eigenvalue weighted by Crippen LogP contribution is -2.16. The maximum atomic E-state index is 9.60. The minimum absolute atomic E-state index is 0.176. The highest BCUT2D eigenvalue weighted by atomic mass is 16.6. The Labute approximate surface area is 107 Å². The number of aliphatic carboxylic acids is 2. The lowest BCUT2D eigenvalue weighted by atomic mass is 10.4. The fraction of sp³-hybridized carbons (Fsp3) is 0.500. The Morgan fingerprint density at radius 2 is 1.00 bits per heavy atom. The molecule has 1 heterocycles. The van der Waals surface area contributed by atoms with E-state index in [1.807, 2.05) is 0 Å². The van der Waals surface area contributed by atoms with E-state index >= 15 is 0 Å². The molecule has 0 aromatic heterocycles. The van der Waals surface area contributed by atoms with E-state index in [0.29, 0.717) is 0 Å². The molecule has 0 amide bonds. The molecule has 0 bridgehead atoms. The van der Waals surface area contributed by atoms with E-state index in [9.17, 15) is 9.59 Å². The molecule has 0 aromatic rings. The standard InChI is InChI=1S/C4H8O2.2C4H6O2/c1-2-6-4-3-5-1;2*1-3(2)4(5)6/h1-4H2;2*1H2,2H3,(H,5,6). The number of rotatable bonds is 2. The number of hydrogen-bond acceptors (Lipinski definition) is 4. The fourth-order valence-corrected chi connectivity index (χ4v) is 0.440. The second-order valence-electron chi connectivity index (χ2n) is 3.40. The molecule has 0 radical (unpaired) electrons. The molecule has 0 atom stereocenters. The zero-order chi connectivity index (χ0) is 14.6. The van der Waals surface area contributed by atoms with Crippen LogP contribution in [0.15, 0.2) is 24.3 Å². The van der Waals surface area contributed by atoms with Gasteiger partial charge in [0.15, 0.2) is 0 Å². The number of ether oxygens (including phenoxy) is 2. The van der Waals surface area contributed by atoms with Crippen molar-refractivity contribution in [3.63, 3.8) is 0 Å². The maximum Gasteiger partial charge on any atom is 0.330 e. The Kier molecular flexibility index (Phi) is 12.3. The van der Waals surface area contributed by atoms with Crippen molar-refractivity contribution in [2.45, 2.75) is 13.8 Å². The van der Waals surface area contributed by atoms with Gasteiger partial charge in [-0.25, -0.2) is 9.59 Å². The van der Waals surface area contributed by atoms with Crippen LogP contribution in [0.5, 0.6) is 0 Å². The minimum atomic E-state index is -0.935. The van der Waals surface area contributed by atoms with Gasteiger partial charge in [0, 0.05) is 11.1 Å². The Hall–Kier alpha value is -1.66. The Morgan fingerprint density at radius 1 is 0.833 bits per heavy atom. The normalized spacial score (nSPS) is 13.0. The quantitative estimate of drug-likeness (QED) is 0.727.